The predicted molar refractivity (Wildman–Crippen MR) is 51.5 cm³/mol. The van der Waals surface area contributed by atoms with E-state index in [0.29, 0.717) is 28.4 Å². The largest absolute Gasteiger partial charge is 0.496 e. The zero-order valence-electron chi connectivity index (χ0n) is 6.91. The third kappa shape index (κ3) is 1.78. The molecule has 68 valence electrons. The maximum Gasteiger partial charge on any atom is 0.154 e. The second-order valence-corrected chi connectivity index (χ2v) is 3.17. The Morgan fingerprint density at radius 2 is 1.85 bits per heavy atom. The lowest BCUT2D eigenvalue weighted by Crippen LogP contribution is -1.97. The molecule has 0 unspecified atom stereocenters. The van der Waals surface area contributed by atoms with E-state index in [4.69, 9.17) is 4.74 Å². The number of ether oxygens (including phenoxy) is 1. The molecule has 1 rings (SSSR count). The van der Waals surface area contributed by atoms with E-state index in [1.54, 1.807) is 12.1 Å². The number of carbonyl (C=O) groups excluding carboxylic acids is 2. The molecule has 0 aliphatic carbocycles. The highest BCUT2D eigenvalue weighted by molar-refractivity contribution is 9.10. The normalized spacial score (nSPS) is 9.38. The molecule has 1 aromatic carbocycles. The summed E-state index contributed by atoms with van der Waals surface area (Å²) in [6.45, 7) is 0. The van der Waals surface area contributed by atoms with Gasteiger partial charge in [-0.3, -0.25) is 9.59 Å². The highest BCUT2D eigenvalue weighted by Gasteiger charge is 2.10. The van der Waals surface area contributed by atoms with E-state index >= 15 is 0 Å². The minimum absolute atomic E-state index is 0.270. The molecule has 0 saturated heterocycles. The van der Waals surface area contributed by atoms with E-state index in [1.807, 2.05) is 0 Å². The van der Waals surface area contributed by atoms with Crippen LogP contribution in [0.4, 0.5) is 0 Å². The van der Waals surface area contributed by atoms with E-state index in [9.17, 15) is 9.59 Å². The van der Waals surface area contributed by atoms with Crippen molar-refractivity contribution in [2.75, 3.05) is 7.11 Å². The predicted octanol–water partition coefficient (Wildman–Crippen LogP) is 2.08. The SMILES string of the molecule is COc1ccc(Br)c(C=O)c1C=O. The number of benzene rings is 1. The molecule has 13 heavy (non-hydrogen) atoms. The topological polar surface area (TPSA) is 43.4 Å². The molecule has 0 N–H and O–H groups in total. The lowest BCUT2D eigenvalue weighted by Gasteiger charge is -2.06. The molecule has 4 heteroatoms. The molecule has 1 aromatic rings. The minimum atomic E-state index is 0.270. The average Bonchev–Trinajstić information content (AvgIpc) is 2.17. The zero-order valence-corrected chi connectivity index (χ0v) is 8.50. The molecule has 0 heterocycles. The molecule has 0 radical (unpaired) electrons. The fourth-order valence-electron chi connectivity index (χ4n) is 1.01. The van der Waals surface area contributed by atoms with E-state index < -0.39 is 0 Å². The minimum Gasteiger partial charge on any atom is -0.496 e. The Kier molecular flexibility index (Phi) is 3.19. The lowest BCUT2D eigenvalue weighted by molar-refractivity contribution is 0.109. The Labute approximate surface area is 83.8 Å². The summed E-state index contributed by atoms with van der Waals surface area (Å²) in [6, 6.07) is 3.29. The van der Waals surface area contributed by atoms with Crippen LogP contribution in [0.1, 0.15) is 20.7 Å². The maximum absolute atomic E-state index is 10.7. The van der Waals surface area contributed by atoms with Gasteiger partial charge in [0.25, 0.3) is 0 Å². The molecule has 0 fully saturated rings. The van der Waals surface area contributed by atoms with Crippen molar-refractivity contribution in [3.8, 4) is 5.75 Å². The van der Waals surface area contributed by atoms with Crippen molar-refractivity contribution < 1.29 is 14.3 Å². The molecular formula is C9H7BrO3. The number of aldehydes is 2. The Hall–Kier alpha value is -1.16. The molecule has 0 aliphatic rings. The quantitative estimate of drug-likeness (QED) is 0.763. The van der Waals surface area contributed by atoms with Gasteiger partial charge in [0.05, 0.1) is 12.7 Å². The van der Waals surface area contributed by atoms with Gasteiger partial charge >= 0.3 is 0 Å². The summed E-state index contributed by atoms with van der Waals surface area (Å²) in [6.07, 6.45) is 1.23. The van der Waals surface area contributed by atoms with Crippen LogP contribution in [-0.2, 0) is 0 Å². The van der Waals surface area contributed by atoms with Crippen LogP contribution in [-0.4, -0.2) is 19.7 Å². The van der Waals surface area contributed by atoms with Gasteiger partial charge in [-0.1, -0.05) is 15.9 Å². The van der Waals surface area contributed by atoms with Crippen LogP contribution < -0.4 is 4.74 Å². The van der Waals surface area contributed by atoms with Gasteiger partial charge < -0.3 is 4.74 Å². The summed E-state index contributed by atoms with van der Waals surface area (Å²) in [7, 11) is 1.45. The second kappa shape index (κ2) is 4.18. The number of rotatable bonds is 3. The number of halogens is 1. The van der Waals surface area contributed by atoms with Gasteiger partial charge in [0.15, 0.2) is 12.6 Å². The maximum atomic E-state index is 10.7. The van der Waals surface area contributed by atoms with E-state index in [2.05, 4.69) is 15.9 Å². The van der Waals surface area contributed by atoms with Crippen molar-refractivity contribution in [3.63, 3.8) is 0 Å². The summed E-state index contributed by atoms with van der Waals surface area (Å²) in [5.74, 6) is 0.403. The van der Waals surface area contributed by atoms with Crippen molar-refractivity contribution in [2.45, 2.75) is 0 Å². The van der Waals surface area contributed by atoms with Gasteiger partial charge in [-0.2, -0.15) is 0 Å². The van der Waals surface area contributed by atoms with Crippen molar-refractivity contribution in [2.24, 2.45) is 0 Å². The summed E-state index contributed by atoms with van der Waals surface area (Å²) >= 11 is 3.17. The molecule has 3 nitrogen and oxygen atoms in total. The first-order chi connectivity index (χ1) is 6.24. The fourth-order valence-corrected chi connectivity index (χ4v) is 1.45. The van der Waals surface area contributed by atoms with Crippen molar-refractivity contribution in [1.82, 2.24) is 0 Å². The highest BCUT2D eigenvalue weighted by atomic mass is 79.9. The number of hydrogen-bond acceptors (Lipinski definition) is 3. The van der Waals surface area contributed by atoms with Crippen LogP contribution in [0.3, 0.4) is 0 Å². The lowest BCUT2D eigenvalue weighted by atomic mass is 10.1. The first-order valence-electron chi connectivity index (χ1n) is 3.51. The molecule has 0 saturated carbocycles. The van der Waals surface area contributed by atoms with E-state index in [0.717, 1.165) is 0 Å². The summed E-state index contributed by atoms with van der Waals surface area (Å²) in [5, 5.41) is 0. The van der Waals surface area contributed by atoms with Crippen molar-refractivity contribution >= 4 is 28.5 Å². The first-order valence-corrected chi connectivity index (χ1v) is 4.30. The van der Waals surface area contributed by atoms with Gasteiger partial charge in [0.2, 0.25) is 0 Å². The molecular weight excluding hydrogens is 236 g/mol. The molecule has 0 atom stereocenters. The molecule has 0 aromatic heterocycles. The molecule has 0 spiro atoms. The van der Waals surface area contributed by atoms with Gasteiger partial charge in [-0.25, -0.2) is 0 Å². The van der Waals surface area contributed by atoms with Gasteiger partial charge in [-0.05, 0) is 12.1 Å². The van der Waals surface area contributed by atoms with Crippen LogP contribution in [0, 0.1) is 0 Å². The summed E-state index contributed by atoms with van der Waals surface area (Å²) < 4.78 is 5.51. The smallest absolute Gasteiger partial charge is 0.154 e. The number of methoxy groups -OCH3 is 1. The molecule has 0 aliphatic heterocycles. The van der Waals surface area contributed by atoms with Crippen LogP contribution in [0.15, 0.2) is 16.6 Å². The highest BCUT2D eigenvalue weighted by Crippen LogP contribution is 2.26. The summed E-state index contributed by atoms with van der Waals surface area (Å²) in [4.78, 5) is 21.3. The third-order valence-corrected chi connectivity index (χ3v) is 2.34. The van der Waals surface area contributed by atoms with Crippen molar-refractivity contribution in [3.05, 3.63) is 27.7 Å². The monoisotopic (exact) mass is 242 g/mol. The standard InChI is InChI=1S/C9H7BrO3/c1-13-9-3-2-8(10)6(4-11)7(9)5-12/h2-5H,1H3. The van der Waals surface area contributed by atoms with Crippen LogP contribution in [0.2, 0.25) is 0 Å². The molecule has 0 bridgehead atoms. The van der Waals surface area contributed by atoms with Gasteiger partial charge in [0.1, 0.15) is 5.75 Å². The third-order valence-electron chi connectivity index (χ3n) is 1.65. The Morgan fingerprint density at radius 1 is 1.23 bits per heavy atom. The van der Waals surface area contributed by atoms with Crippen LogP contribution >= 0.6 is 15.9 Å². The number of hydrogen-bond donors (Lipinski definition) is 0. The molecule has 0 amide bonds. The fraction of sp³-hybridized carbons (Fsp3) is 0.111. The second-order valence-electron chi connectivity index (χ2n) is 2.31. The first kappa shape index (κ1) is 9.92. The van der Waals surface area contributed by atoms with E-state index in [1.165, 1.54) is 7.11 Å². The van der Waals surface area contributed by atoms with Gasteiger partial charge in [0, 0.05) is 10.0 Å². The van der Waals surface area contributed by atoms with Crippen LogP contribution in [0.5, 0.6) is 5.75 Å². The summed E-state index contributed by atoms with van der Waals surface area (Å²) in [5.41, 5.74) is 0.584. The van der Waals surface area contributed by atoms with Gasteiger partial charge in [-0.15, -0.1) is 0 Å². The van der Waals surface area contributed by atoms with Crippen molar-refractivity contribution in [1.29, 1.82) is 0 Å². The Bertz CT molecular complexity index is 347. The Balaban J connectivity index is 3.44. The van der Waals surface area contributed by atoms with E-state index in [-0.39, 0.29) is 5.56 Å². The number of carbonyl (C=O) groups is 2. The van der Waals surface area contributed by atoms with Crippen LogP contribution in [0.25, 0.3) is 0 Å². The average molecular weight is 243 g/mol. The zero-order chi connectivity index (χ0) is 9.84. The Morgan fingerprint density at radius 3 is 2.31 bits per heavy atom.